The Morgan fingerprint density at radius 1 is 0.778 bits per heavy atom. The van der Waals surface area contributed by atoms with Gasteiger partial charge in [0.2, 0.25) is 0 Å². The highest BCUT2D eigenvalue weighted by Gasteiger charge is 2.29. The molecule has 1 atom stereocenters. The molecule has 1 unspecified atom stereocenters. The van der Waals surface area contributed by atoms with Crippen LogP contribution in [0.1, 0.15) is 22.6 Å². The average Bonchev–Trinajstić information content (AvgIpc) is 3.24. The second-order valence-electron chi connectivity index (χ2n) is 9.01. The maximum Gasteiger partial charge on any atom is 0.407 e. The Kier molecular flexibility index (Phi) is 6.80. The van der Waals surface area contributed by atoms with E-state index in [-0.39, 0.29) is 19.1 Å². The first-order valence-corrected chi connectivity index (χ1v) is 12.1. The van der Waals surface area contributed by atoms with Gasteiger partial charge in [0.25, 0.3) is 0 Å². The van der Waals surface area contributed by atoms with Crippen LogP contribution in [0.5, 0.6) is 0 Å². The fraction of sp³-hybridized carbons (Fsp3) is 0.161. The maximum absolute atomic E-state index is 12.5. The van der Waals surface area contributed by atoms with Gasteiger partial charge in [0.1, 0.15) is 6.61 Å². The number of carboxylic acids is 1. The summed E-state index contributed by atoms with van der Waals surface area (Å²) in [5.74, 6) is -1.77. The number of hydrogen-bond acceptors (Lipinski definition) is 3. The molecule has 5 rings (SSSR count). The van der Waals surface area contributed by atoms with Crippen LogP contribution in [0.25, 0.3) is 22.3 Å². The van der Waals surface area contributed by atoms with Gasteiger partial charge in [0.05, 0.1) is 5.92 Å². The van der Waals surface area contributed by atoms with Gasteiger partial charge in [-0.25, -0.2) is 4.79 Å². The van der Waals surface area contributed by atoms with Gasteiger partial charge in [0.15, 0.2) is 0 Å². The molecule has 0 spiro atoms. The maximum atomic E-state index is 12.5. The van der Waals surface area contributed by atoms with Crippen LogP contribution in [-0.4, -0.2) is 30.3 Å². The Morgan fingerprint density at radius 3 is 2.06 bits per heavy atom. The molecule has 0 bridgehead atoms. The van der Waals surface area contributed by atoms with E-state index in [1.165, 1.54) is 0 Å². The van der Waals surface area contributed by atoms with Crippen LogP contribution in [0.3, 0.4) is 0 Å². The van der Waals surface area contributed by atoms with Crippen molar-refractivity contribution in [3.63, 3.8) is 0 Å². The molecule has 1 aliphatic rings. The fourth-order valence-electron chi connectivity index (χ4n) is 4.90. The van der Waals surface area contributed by atoms with E-state index in [1.54, 1.807) is 0 Å². The molecule has 0 saturated carbocycles. The number of amides is 1. The molecule has 4 aromatic carbocycles. The first-order chi connectivity index (χ1) is 17.6. The van der Waals surface area contributed by atoms with Crippen molar-refractivity contribution in [3.05, 3.63) is 120 Å². The standard InChI is InChI=1S/C31H27NO4/c33-30(34)24(18-21-9-8-12-23(17-21)22-10-2-1-3-11-22)19-32-31(35)36-20-29-27-15-6-4-13-25(27)26-14-5-7-16-28(26)29/h1-17,24,29H,18-20H2,(H,32,35)(H,33,34). The highest BCUT2D eigenvalue weighted by molar-refractivity contribution is 5.79. The SMILES string of the molecule is O=C(NCC(Cc1cccc(-c2ccccc2)c1)C(=O)O)OCC1c2ccccc2-c2ccccc21. The third kappa shape index (κ3) is 5.01. The number of carbonyl (C=O) groups is 2. The van der Waals surface area contributed by atoms with Gasteiger partial charge in [0, 0.05) is 12.5 Å². The van der Waals surface area contributed by atoms with Crippen molar-refractivity contribution >= 4 is 12.1 Å². The van der Waals surface area contributed by atoms with Gasteiger partial charge < -0.3 is 15.2 Å². The molecule has 0 heterocycles. The number of carboxylic acid groups (broad SMARTS) is 1. The van der Waals surface area contributed by atoms with Crippen LogP contribution >= 0.6 is 0 Å². The van der Waals surface area contributed by atoms with Crippen molar-refractivity contribution in [2.24, 2.45) is 5.92 Å². The summed E-state index contributed by atoms with van der Waals surface area (Å²) in [6.45, 7) is 0.179. The molecule has 0 saturated heterocycles. The normalized spacial score (nSPS) is 12.9. The van der Waals surface area contributed by atoms with E-state index in [0.717, 1.165) is 38.9 Å². The minimum absolute atomic E-state index is 0.0123. The second kappa shape index (κ2) is 10.5. The van der Waals surface area contributed by atoms with E-state index >= 15 is 0 Å². The quantitative estimate of drug-likeness (QED) is 0.320. The van der Waals surface area contributed by atoms with Gasteiger partial charge in [-0.2, -0.15) is 0 Å². The Bertz CT molecular complexity index is 1340. The molecule has 1 aliphatic carbocycles. The molecule has 5 nitrogen and oxygen atoms in total. The molecular formula is C31H27NO4. The van der Waals surface area contributed by atoms with Crippen molar-refractivity contribution in [3.8, 4) is 22.3 Å². The fourth-order valence-corrected chi connectivity index (χ4v) is 4.90. The highest BCUT2D eigenvalue weighted by Crippen LogP contribution is 2.44. The first-order valence-electron chi connectivity index (χ1n) is 12.1. The summed E-state index contributed by atoms with van der Waals surface area (Å²) in [7, 11) is 0. The van der Waals surface area contributed by atoms with Crippen molar-refractivity contribution in [2.75, 3.05) is 13.2 Å². The molecule has 5 heteroatoms. The van der Waals surface area contributed by atoms with E-state index in [0.29, 0.717) is 6.42 Å². The summed E-state index contributed by atoms with van der Waals surface area (Å²) in [6, 6.07) is 34.1. The topological polar surface area (TPSA) is 75.6 Å². The van der Waals surface area contributed by atoms with E-state index in [4.69, 9.17) is 4.74 Å². The summed E-state index contributed by atoms with van der Waals surface area (Å²) < 4.78 is 5.55. The van der Waals surface area contributed by atoms with Gasteiger partial charge in [-0.1, -0.05) is 103 Å². The monoisotopic (exact) mass is 477 g/mol. The lowest BCUT2D eigenvalue weighted by atomic mass is 9.96. The predicted molar refractivity (Wildman–Crippen MR) is 140 cm³/mol. The summed E-state index contributed by atoms with van der Waals surface area (Å²) in [6.07, 6.45) is -0.305. The van der Waals surface area contributed by atoms with E-state index in [9.17, 15) is 14.7 Å². The molecule has 0 aliphatic heterocycles. The van der Waals surface area contributed by atoms with Crippen molar-refractivity contribution in [2.45, 2.75) is 12.3 Å². The number of ether oxygens (including phenoxy) is 1. The molecule has 4 aromatic rings. The van der Waals surface area contributed by atoms with Gasteiger partial charge >= 0.3 is 12.1 Å². The van der Waals surface area contributed by atoms with E-state index in [1.807, 2.05) is 78.9 Å². The van der Waals surface area contributed by atoms with E-state index in [2.05, 4.69) is 29.6 Å². The molecule has 36 heavy (non-hydrogen) atoms. The lowest BCUT2D eigenvalue weighted by molar-refractivity contribution is -0.141. The summed E-state index contributed by atoms with van der Waals surface area (Å²) >= 11 is 0. The zero-order valence-electron chi connectivity index (χ0n) is 19.8. The van der Waals surface area contributed by atoms with Crippen LogP contribution in [0.2, 0.25) is 0 Å². The Morgan fingerprint density at radius 2 is 1.39 bits per heavy atom. The van der Waals surface area contributed by atoms with Gasteiger partial charge in [-0.05, 0) is 45.4 Å². The highest BCUT2D eigenvalue weighted by atomic mass is 16.5. The largest absolute Gasteiger partial charge is 0.481 e. The number of carbonyl (C=O) groups excluding carboxylic acids is 1. The van der Waals surface area contributed by atoms with Crippen molar-refractivity contribution in [1.82, 2.24) is 5.32 Å². The lowest BCUT2D eigenvalue weighted by Gasteiger charge is -2.17. The number of fused-ring (bicyclic) bond motifs is 3. The second-order valence-corrected chi connectivity index (χ2v) is 9.01. The summed E-state index contributed by atoms with van der Waals surface area (Å²) in [4.78, 5) is 24.4. The Hall–Kier alpha value is -4.38. The van der Waals surface area contributed by atoms with Crippen molar-refractivity contribution < 1.29 is 19.4 Å². The number of rotatable bonds is 8. The van der Waals surface area contributed by atoms with Gasteiger partial charge in [-0.3, -0.25) is 4.79 Å². The average molecular weight is 478 g/mol. The minimum atomic E-state index is -0.959. The number of aliphatic carboxylic acids is 1. The Labute approximate surface area is 210 Å². The number of nitrogens with one attached hydrogen (secondary N) is 1. The number of hydrogen-bond donors (Lipinski definition) is 2. The molecule has 1 amide bonds. The lowest BCUT2D eigenvalue weighted by Crippen LogP contribution is -2.35. The third-order valence-corrected chi connectivity index (χ3v) is 6.70. The molecule has 0 aromatic heterocycles. The molecule has 180 valence electrons. The zero-order chi connectivity index (χ0) is 24.9. The number of benzene rings is 4. The van der Waals surface area contributed by atoms with E-state index < -0.39 is 18.0 Å². The zero-order valence-corrected chi connectivity index (χ0v) is 19.8. The molecule has 0 fully saturated rings. The van der Waals surface area contributed by atoms with Crippen molar-refractivity contribution in [1.29, 1.82) is 0 Å². The van der Waals surface area contributed by atoms with Crippen LogP contribution in [0.15, 0.2) is 103 Å². The Balaban J connectivity index is 1.20. The van der Waals surface area contributed by atoms with Crippen LogP contribution in [-0.2, 0) is 16.0 Å². The molecule has 0 radical (unpaired) electrons. The summed E-state index contributed by atoms with van der Waals surface area (Å²) in [5.41, 5.74) is 7.58. The van der Waals surface area contributed by atoms with Crippen LogP contribution < -0.4 is 5.32 Å². The third-order valence-electron chi connectivity index (χ3n) is 6.70. The number of alkyl carbamates (subject to hydrolysis) is 1. The predicted octanol–water partition coefficient (Wildman–Crippen LogP) is 6.14. The molecular weight excluding hydrogens is 450 g/mol. The van der Waals surface area contributed by atoms with Crippen LogP contribution in [0, 0.1) is 5.92 Å². The molecule has 2 N–H and O–H groups in total. The minimum Gasteiger partial charge on any atom is -0.481 e. The summed E-state index contributed by atoms with van der Waals surface area (Å²) in [5, 5.41) is 12.4. The first kappa shape index (κ1) is 23.4. The smallest absolute Gasteiger partial charge is 0.407 e. The van der Waals surface area contributed by atoms with Crippen LogP contribution in [0.4, 0.5) is 4.79 Å². The van der Waals surface area contributed by atoms with Gasteiger partial charge in [-0.15, -0.1) is 0 Å².